The van der Waals surface area contributed by atoms with Crippen molar-refractivity contribution in [3.05, 3.63) is 0 Å². The molecule has 1 saturated heterocycles. The lowest BCUT2D eigenvalue weighted by molar-refractivity contribution is -0.0823. The van der Waals surface area contributed by atoms with E-state index >= 15 is 0 Å². The van der Waals surface area contributed by atoms with Crippen LogP contribution in [0.1, 0.15) is 53.9 Å². The van der Waals surface area contributed by atoms with E-state index in [1.165, 1.54) is 6.26 Å². The summed E-state index contributed by atoms with van der Waals surface area (Å²) in [5.41, 5.74) is 0.106. The smallest absolute Gasteiger partial charge is 0.191 e. The summed E-state index contributed by atoms with van der Waals surface area (Å²) in [6, 6.07) is 0.0496. The molecular formula is C18H38IN3O3S. The first-order chi connectivity index (χ1) is 11.5. The molecule has 0 aromatic heterocycles. The number of nitrogens with zero attached hydrogens (tertiary/aromatic N) is 1. The van der Waals surface area contributed by atoms with Crippen LogP contribution in [0.3, 0.4) is 0 Å². The topological polar surface area (TPSA) is 79.8 Å². The minimum absolute atomic E-state index is 0. The first-order valence-corrected chi connectivity index (χ1v) is 11.4. The minimum Gasteiger partial charge on any atom is -0.377 e. The van der Waals surface area contributed by atoms with Crippen LogP contribution in [0.25, 0.3) is 0 Å². The van der Waals surface area contributed by atoms with Crippen molar-refractivity contribution in [2.24, 2.45) is 16.3 Å². The Morgan fingerprint density at radius 1 is 1.35 bits per heavy atom. The average molecular weight is 503 g/mol. The molecule has 3 unspecified atom stereocenters. The molecule has 1 fully saturated rings. The van der Waals surface area contributed by atoms with Gasteiger partial charge in [0.15, 0.2) is 5.96 Å². The van der Waals surface area contributed by atoms with Gasteiger partial charge in [-0.1, -0.05) is 20.8 Å². The molecule has 0 saturated carbocycles. The zero-order valence-electron chi connectivity index (χ0n) is 17.2. The second kappa shape index (κ2) is 11.7. The second-order valence-electron chi connectivity index (χ2n) is 8.24. The van der Waals surface area contributed by atoms with E-state index in [1.54, 1.807) is 0 Å². The molecule has 1 aliphatic rings. The summed E-state index contributed by atoms with van der Waals surface area (Å²) in [6.45, 7) is 13.0. The Bertz CT molecular complexity index is 532. The standard InChI is InChI=1S/C18H37N3O3S.HI/c1-7-19-17(21-14(2)10-12-25(6,22)23)20-13-15-9-8-11-24-16(15)18(3,4)5;/h14-16H,7-13H2,1-6H3,(H2,19,20,21);1H. The van der Waals surface area contributed by atoms with Crippen molar-refractivity contribution in [3.8, 4) is 0 Å². The lowest BCUT2D eigenvalue weighted by Gasteiger charge is -2.39. The van der Waals surface area contributed by atoms with Crippen LogP contribution in [0.4, 0.5) is 0 Å². The van der Waals surface area contributed by atoms with Gasteiger partial charge in [0.05, 0.1) is 11.9 Å². The quantitative estimate of drug-likeness (QED) is 0.317. The van der Waals surface area contributed by atoms with E-state index in [4.69, 9.17) is 9.73 Å². The third-order valence-corrected chi connectivity index (χ3v) is 5.41. The highest BCUT2D eigenvalue weighted by Gasteiger charge is 2.35. The zero-order chi connectivity index (χ0) is 19.1. The van der Waals surface area contributed by atoms with Crippen LogP contribution in [0.2, 0.25) is 0 Å². The van der Waals surface area contributed by atoms with Gasteiger partial charge >= 0.3 is 0 Å². The van der Waals surface area contributed by atoms with Crippen molar-refractivity contribution in [1.29, 1.82) is 0 Å². The van der Waals surface area contributed by atoms with E-state index in [1.807, 2.05) is 13.8 Å². The van der Waals surface area contributed by atoms with Crippen molar-refractivity contribution in [2.45, 2.75) is 66.0 Å². The van der Waals surface area contributed by atoms with Gasteiger partial charge in [-0.25, -0.2) is 8.42 Å². The van der Waals surface area contributed by atoms with E-state index in [-0.39, 0.29) is 47.3 Å². The molecule has 0 amide bonds. The number of ether oxygens (including phenoxy) is 1. The van der Waals surface area contributed by atoms with Crippen LogP contribution >= 0.6 is 24.0 Å². The Hall–Kier alpha value is -0.0900. The maximum Gasteiger partial charge on any atom is 0.191 e. The number of guanidine groups is 1. The predicted octanol–water partition coefficient (Wildman–Crippen LogP) is 2.82. The SMILES string of the molecule is CCNC(=NCC1CCCOC1C(C)(C)C)NC(C)CCS(C)(=O)=O.I. The highest BCUT2D eigenvalue weighted by atomic mass is 127. The molecule has 6 nitrogen and oxygen atoms in total. The van der Waals surface area contributed by atoms with Gasteiger partial charge in [0.1, 0.15) is 9.84 Å². The molecule has 1 rings (SSSR count). The number of aliphatic imine (C=N–C) groups is 1. The van der Waals surface area contributed by atoms with E-state index in [0.717, 1.165) is 38.5 Å². The van der Waals surface area contributed by atoms with Gasteiger partial charge < -0.3 is 15.4 Å². The Balaban J connectivity index is 0.00000625. The van der Waals surface area contributed by atoms with E-state index in [2.05, 4.69) is 31.4 Å². The Morgan fingerprint density at radius 3 is 2.54 bits per heavy atom. The minimum atomic E-state index is -2.94. The molecule has 0 radical (unpaired) electrons. The summed E-state index contributed by atoms with van der Waals surface area (Å²) in [7, 11) is -2.94. The summed E-state index contributed by atoms with van der Waals surface area (Å²) in [5, 5.41) is 6.57. The largest absolute Gasteiger partial charge is 0.377 e. The predicted molar refractivity (Wildman–Crippen MR) is 120 cm³/mol. The summed E-state index contributed by atoms with van der Waals surface area (Å²) < 4.78 is 28.7. The molecule has 0 aromatic rings. The first-order valence-electron chi connectivity index (χ1n) is 9.37. The average Bonchev–Trinajstić information content (AvgIpc) is 2.49. The normalized spacial score (nSPS) is 23.1. The fourth-order valence-electron chi connectivity index (χ4n) is 3.21. The number of sulfone groups is 1. The lowest BCUT2D eigenvalue weighted by Crippen LogP contribution is -2.44. The Morgan fingerprint density at radius 2 is 2.00 bits per heavy atom. The molecule has 1 aliphatic heterocycles. The lowest BCUT2D eigenvalue weighted by atomic mass is 9.78. The van der Waals surface area contributed by atoms with Gasteiger partial charge in [0.2, 0.25) is 0 Å². The second-order valence-corrected chi connectivity index (χ2v) is 10.5. The van der Waals surface area contributed by atoms with Gasteiger partial charge in [-0.15, -0.1) is 24.0 Å². The van der Waals surface area contributed by atoms with Crippen LogP contribution in [0.5, 0.6) is 0 Å². The monoisotopic (exact) mass is 503 g/mol. The number of rotatable bonds is 7. The number of halogens is 1. The van der Waals surface area contributed by atoms with E-state index in [0.29, 0.717) is 12.3 Å². The van der Waals surface area contributed by atoms with Crippen LogP contribution in [0, 0.1) is 11.3 Å². The number of nitrogens with one attached hydrogen (secondary N) is 2. The van der Waals surface area contributed by atoms with Crippen LogP contribution in [-0.4, -0.2) is 58.2 Å². The van der Waals surface area contributed by atoms with Crippen molar-refractivity contribution in [3.63, 3.8) is 0 Å². The van der Waals surface area contributed by atoms with Gasteiger partial charge in [-0.3, -0.25) is 4.99 Å². The third-order valence-electron chi connectivity index (χ3n) is 4.43. The Kier molecular flexibility index (Phi) is 11.6. The fourth-order valence-corrected chi connectivity index (χ4v) is 3.99. The third kappa shape index (κ3) is 10.3. The van der Waals surface area contributed by atoms with Crippen molar-refractivity contribution < 1.29 is 13.2 Å². The molecular weight excluding hydrogens is 465 g/mol. The maximum atomic E-state index is 11.3. The summed E-state index contributed by atoms with van der Waals surface area (Å²) in [5.74, 6) is 1.35. The van der Waals surface area contributed by atoms with E-state index in [9.17, 15) is 8.42 Å². The molecule has 0 bridgehead atoms. The molecule has 0 aromatic carbocycles. The summed E-state index contributed by atoms with van der Waals surface area (Å²) in [4.78, 5) is 4.75. The maximum absolute atomic E-state index is 11.3. The molecule has 156 valence electrons. The van der Waals surface area contributed by atoms with E-state index < -0.39 is 9.84 Å². The number of hydrogen-bond donors (Lipinski definition) is 2. The van der Waals surface area contributed by atoms with Gasteiger partial charge in [0, 0.05) is 37.9 Å². The van der Waals surface area contributed by atoms with Crippen LogP contribution in [0.15, 0.2) is 4.99 Å². The highest BCUT2D eigenvalue weighted by Crippen LogP contribution is 2.34. The van der Waals surface area contributed by atoms with Gasteiger partial charge in [-0.05, 0) is 38.5 Å². The van der Waals surface area contributed by atoms with Crippen LogP contribution < -0.4 is 10.6 Å². The van der Waals surface area contributed by atoms with Crippen molar-refractivity contribution in [1.82, 2.24) is 10.6 Å². The molecule has 8 heteroatoms. The molecule has 2 N–H and O–H groups in total. The molecule has 3 atom stereocenters. The summed E-state index contributed by atoms with van der Waals surface area (Å²) in [6.07, 6.45) is 4.28. The zero-order valence-corrected chi connectivity index (χ0v) is 20.3. The van der Waals surface area contributed by atoms with Crippen molar-refractivity contribution >= 4 is 39.8 Å². The van der Waals surface area contributed by atoms with Crippen molar-refractivity contribution in [2.75, 3.05) is 31.7 Å². The van der Waals surface area contributed by atoms with Gasteiger partial charge in [-0.2, -0.15) is 0 Å². The summed E-state index contributed by atoms with van der Waals surface area (Å²) >= 11 is 0. The fraction of sp³-hybridized carbons (Fsp3) is 0.944. The van der Waals surface area contributed by atoms with Gasteiger partial charge in [0.25, 0.3) is 0 Å². The highest BCUT2D eigenvalue weighted by molar-refractivity contribution is 14.0. The molecule has 1 heterocycles. The molecule has 26 heavy (non-hydrogen) atoms. The molecule has 0 spiro atoms. The molecule has 0 aliphatic carbocycles. The van der Waals surface area contributed by atoms with Crippen LogP contribution in [-0.2, 0) is 14.6 Å². The number of hydrogen-bond acceptors (Lipinski definition) is 4. The Labute approximate surface area is 177 Å². The first kappa shape index (κ1) is 25.9.